The summed E-state index contributed by atoms with van der Waals surface area (Å²) in [5, 5.41) is 3.28. The van der Waals surface area contributed by atoms with Crippen LogP contribution in [0.15, 0.2) is 66.8 Å². The van der Waals surface area contributed by atoms with E-state index in [-0.39, 0.29) is 17.2 Å². The Labute approximate surface area is 161 Å². The van der Waals surface area contributed by atoms with Gasteiger partial charge in [-0.1, -0.05) is 54.1 Å². The number of thiocarbonyl (C=S) groups is 1. The number of nitrogens with one attached hydrogen (secondary N) is 1. The molecular formula is C20H15ClN2O2S. The van der Waals surface area contributed by atoms with Gasteiger partial charge in [-0.2, -0.15) is 0 Å². The van der Waals surface area contributed by atoms with Gasteiger partial charge >= 0.3 is 0 Å². The molecule has 0 spiro atoms. The van der Waals surface area contributed by atoms with Gasteiger partial charge in [0.1, 0.15) is 5.57 Å². The summed E-state index contributed by atoms with van der Waals surface area (Å²) in [5.41, 5.74) is 2.76. The second-order valence-corrected chi connectivity index (χ2v) is 6.48. The van der Waals surface area contributed by atoms with Gasteiger partial charge in [-0.3, -0.25) is 19.8 Å². The van der Waals surface area contributed by atoms with Crippen LogP contribution in [0.2, 0.25) is 5.02 Å². The van der Waals surface area contributed by atoms with E-state index in [9.17, 15) is 9.59 Å². The van der Waals surface area contributed by atoms with Crippen LogP contribution in [0, 0.1) is 0 Å². The Morgan fingerprint density at radius 1 is 1.12 bits per heavy atom. The SMILES string of the molecule is C=CCN1C(=O)C(=Cc2ccc(-c3cccc(Cl)c3)cc2)C(=O)NC1=S. The third-order valence-electron chi connectivity index (χ3n) is 3.88. The van der Waals surface area contributed by atoms with Gasteiger partial charge in [0.25, 0.3) is 11.8 Å². The first-order valence-electron chi connectivity index (χ1n) is 7.85. The molecule has 26 heavy (non-hydrogen) atoms. The number of carbonyl (C=O) groups excluding carboxylic acids is 2. The third kappa shape index (κ3) is 3.74. The highest BCUT2D eigenvalue weighted by molar-refractivity contribution is 7.80. The first-order chi connectivity index (χ1) is 12.5. The molecule has 1 saturated heterocycles. The molecular weight excluding hydrogens is 368 g/mol. The summed E-state index contributed by atoms with van der Waals surface area (Å²) in [6, 6.07) is 15.0. The Bertz CT molecular complexity index is 935. The van der Waals surface area contributed by atoms with Crippen molar-refractivity contribution in [3.63, 3.8) is 0 Å². The minimum absolute atomic E-state index is 0.0379. The summed E-state index contributed by atoms with van der Waals surface area (Å²) in [6.45, 7) is 3.84. The number of hydrogen-bond donors (Lipinski definition) is 1. The van der Waals surface area contributed by atoms with Gasteiger partial charge in [0, 0.05) is 11.6 Å². The lowest BCUT2D eigenvalue weighted by Crippen LogP contribution is -2.53. The van der Waals surface area contributed by atoms with Crippen LogP contribution in [0.3, 0.4) is 0 Å². The quantitative estimate of drug-likeness (QED) is 0.378. The molecule has 0 atom stereocenters. The monoisotopic (exact) mass is 382 g/mol. The highest BCUT2D eigenvalue weighted by Gasteiger charge is 2.32. The second-order valence-electron chi connectivity index (χ2n) is 5.65. The zero-order valence-corrected chi connectivity index (χ0v) is 15.3. The molecule has 2 aromatic carbocycles. The number of rotatable bonds is 4. The fourth-order valence-corrected chi connectivity index (χ4v) is 3.04. The molecule has 0 unspecified atom stereocenters. The van der Waals surface area contributed by atoms with Crippen molar-refractivity contribution in [3.05, 3.63) is 77.3 Å². The van der Waals surface area contributed by atoms with Gasteiger partial charge < -0.3 is 0 Å². The highest BCUT2D eigenvalue weighted by atomic mass is 35.5. The number of amides is 2. The van der Waals surface area contributed by atoms with Crippen LogP contribution in [0.4, 0.5) is 0 Å². The maximum atomic E-state index is 12.5. The zero-order chi connectivity index (χ0) is 18.7. The van der Waals surface area contributed by atoms with Crippen LogP contribution in [-0.4, -0.2) is 28.4 Å². The van der Waals surface area contributed by atoms with Crippen LogP contribution in [0.1, 0.15) is 5.56 Å². The van der Waals surface area contributed by atoms with Crippen molar-refractivity contribution in [3.8, 4) is 11.1 Å². The highest BCUT2D eigenvalue weighted by Crippen LogP contribution is 2.24. The minimum atomic E-state index is -0.501. The normalized spacial score (nSPS) is 16.0. The topological polar surface area (TPSA) is 49.4 Å². The van der Waals surface area contributed by atoms with Crippen LogP contribution < -0.4 is 5.32 Å². The lowest BCUT2D eigenvalue weighted by atomic mass is 10.0. The van der Waals surface area contributed by atoms with E-state index in [2.05, 4.69) is 11.9 Å². The van der Waals surface area contributed by atoms with Crippen molar-refractivity contribution >= 4 is 46.8 Å². The molecule has 6 heteroatoms. The van der Waals surface area contributed by atoms with E-state index < -0.39 is 11.8 Å². The summed E-state index contributed by atoms with van der Waals surface area (Å²) in [5.74, 6) is -0.934. The van der Waals surface area contributed by atoms with Crippen molar-refractivity contribution in [2.75, 3.05) is 6.54 Å². The number of carbonyl (C=O) groups is 2. The second kappa shape index (κ2) is 7.64. The predicted octanol–water partition coefficient (Wildman–Crippen LogP) is 3.82. The Morgan fingerprint density at radius 3 is 2.50 bits per heavy atom. The number of hydrogen-bond acceptors (Lipinski definition) is 3. The summed E-state index contributed by atoms with van der Waals surface area (Å²) in [4.78, 5) is 26.0. The molecule has 1 aliphatic rings. The first-order valence-corrected chi connectivity index (χ1v) is 8.64. The Morgan fingerprint density at radius 2 is 1.85 bits per heavy atom. The minimum Gasteiger partial charge on any atom is -0.298 e. The number of benzene rings is 2. The molecule has 1 heterocycles. The van der Waals surface area contributed by atoms with E-state index in [1.54, 1.807) is 12.2 Å². The van der Waals surface area contributed by atoms with Gasteiger partial charge in [-0.25, -0.2) is 0 Å². The fraction of sp³-hybridized carbons (Fsp3) is 0.0500. The first kappa shape index (κ1) is 18.0. The lowest BCUT2D eigenvalue weighted by Gasteiger charge is -2.27. The number of halogens is 1. The van der Waals surface area contributed by atoms with Crippen molar-refractivity contribution < 1.29 is 9.59 Å². The Balaban J connectivity index is 1.89. The summed E-state index contributed by atoms with van der Waals surface area (Å²) in [7, 11) is 0. The molecule has 2 amide bonds. The van der Waals surface area contributed by atoms with Crippen molar-refractivity contribution in [1.82, 2.24) is 10.2 Å². The smallest absolute Gasteiger partial charge is 0.265 e. The zero-order valence-electron chi connectivity index (χ0n) is 13.7. The van der Waals surface area contributed by atoms with Gasteiger partial charge in [0.15, 0.2) is 5.11 Å². The molecule has 2 aromatic rings. The van der Waals surface area contributed by atoms with E-state index >= 15 is 0 Å². The van der Waals surface area contributed by atoms with Crippen LogP contribution in [-0.2, 0) is 9.59 Å². The van der Waals surface area contributed by atoms with Gasteiger partial charge in [-0.15, -0.1) is 6.58 Å². The molecule has 4 nitrogen and oxygen atoms in total. The predicted molar refractivity (Wildman–Crippen MR) is 108 cm³/mol. The van der Waals surface area contributed by atoms with Gasteiger partial charge in [0.05, 0.1) is 0 Å². The van der Waals surface area contributed by atoms with E-state index in [4.69, 9.17) is 23.8 Å². The molecule has 1 fully saturated rings. The van der Waals surface area contributed by atoms with E-state index in [0.717, 1.165) is 16.7 Å². The molecule has 1 N–H and O–H groups in total. The van der Waals surface area contributed by atoms with E-state index in [1.807, 2.05) is 48.5 Å². The Kier molecular flexibility index (Phi) is 5.30. The Hall–Kier alpha value is -2.76. The van der Waals surface area contributed by atoms with Crippen LogP contribution in [0.5, 0.6) is 0 Å². The van der Waals surface area contributed by atoms with Crippen molar-refractivity contribution in [2.24, 2.45) is 0 Å². The molecule has 0 aromatic heterocycles. The summed E-state index contributed by atoms with van der Waals surface area (Å²) < 4.78 is 0. The maximum Gasteiger partial charge on any atom is 0.265 e. The summed E-state index contributed by atoms with van der Waals surface area (Å²) >= 11 is 11.1. The van der Waals surface area contributed by atoms with Crippen LogP contribution >= 0.6 is 23.8 Å². The standard InChI is InChI=1S/C20H15ClN2O2S/c1-2-10-23-19(25)17(18(24)22-20(23)26)11-13-6-8-14(9-7-13)15-4-3-5-16(21)12-15/h2-9,11-12H,1,10H2,(H,22,24,26). The van der Waals surface area contributed by atoms with Crippen molar-refractivity contribution in [2.45, 2.75) is 0 Å². The molecule has 130 valence electrons. The molecule has 0 radical (unpaired) electrons. The molecule has 1 aliphatic heterocycles. The van der Waals surface area contributed by atoms with Crippen LogP contribution in [0.25, 0.3) is 17.2 Å². The van der Waals surface area contributed by atoms with Gasteiger partial charge in [-0.05, 0) is 47.1 Å². The largest absolute Gasteiger partial charge is 0.298 e. The molecule has 0 aliphatic carbocycles. The molecule has 3 rings (SSSR count). The molecule has 0 bridgehead atoms. The third-order valence-corrected chi connectivity index (χ3v) is 4.43. The van der Waals surface area contributed by atoms with Gasteiger partial charge in [0.2, 0.25) is 0 Å². The van der Waals surface area contributed by atoms with Crippen molar-refractivity contribution in [1.29, 1.82) is 0 Å². The average molecular weight is 383 g/mol. The fourth-order valence-electron chi connectivity index (χ4n) is 2.60. The van der Waals surface area contributed by atoms with E-state index in [0.29, 0.717) is 5.02 Å². The lowest BCUT2D eigenvalue weighted by molar-refractivity contribution is -0.128. The average Bonchev–Trinajstić information content (AvgIpc) is 2.63. The van der Waals surface area contributed by atoms with E-state index in [1.165, 1.54) is 4.90 Å². The summed E-state index contributed by atoms with van der Waals surface area (Å²) in [6.07, 6.45) is 3.11. The number of nitrogens with zero attached hydrogens (tertiary/aromatic N) is 1. The maximum absolute atomic E-state index is 12.5. The molecule has 0 saturated carbocycles.